The largest absolute Gasteiger partial charge is 0.361 e. The summed E-state index contributed by atoms with van der Waals surface area (Å²) in [5, 5.41) is 8.07. The predicted molar refractivity (Wildman–Crippen MR) is 83.4 cm³/mol. The molecular weight excluding hydrogens is 250 g/mol. The van der Waals surface area contributed by atoms with Crippen LogP contribution < -0.4 is 16.4 Å². The number of nitrogens with one attached hydrogen (secondary N) is 2. The van der Waals surface area contributed by atoms with Crippen molar-refractivity contribution in [2.45, 2.75) is 0 Å². The van der Waals surface area contributed by atoms with Crippen molar-refractivity contribution in [3.8, 4) is 0 Å². The molecule has 0 aliphatic rings. The summed E-state index contributed by atoms with van der Waals surface area (Å²) in [4.78, 5) is 10.7. The molecule has 2 aromatic rings. The molecule has 2 amide bonds. The van der Waals surface area contributed by atoms with E-state index in [0.717, 1.165) is 16.6 Å². The number of nitrogens with two attached hydrogens (primary N) is 1. The molecule has 0 fully saturated rings. The molecule has 0 unspecified atom stereocenters. The van der Waals surface area contributed by atoms with Crippen molar-refractivity contribution < 1.29 is 4.79 Å². The second kappa shape index (κ2) is 6.43. The minimum atomic E-state index is -0.553. The summed E-state index contributed by atoms with van der Waals surface area (Å²) < 4.78 is 0. The van der Waals surface area contributed by atoms with Gasteiger partial charge in [0.25, 0.3) is 0 Å². The second-order valence-electron chi connectivity index (χ2n) is 4.31. The van der Waals surface area contributed by atoms with Gasteiger partial charge in [0.05, 0.1) is 0 Å². The number of primary amides is 1. The van der Waals surface area contributed by atoms with E-state index >= 15 is 0 Å². The van der Waals surface area contributed by atoms with Crippen LogP contribution in [-0.4, -0.2) is 12.6 Å². The van der Waals surface area contributed by atoms with Crippen LogP contribution in [0.2, 0.25) is 0 Å². The first-order valence-electron chi connectivity index (χ1n) is 6.30. The third-order valence-corrected chi connectivity index (χ3v) is 2.93. The van der Waals surface area contributed by atoms with E-state index in [2.05, 4.69) is 35.4 Å². The van der Waals surface area contributed by atoms with Crippen LogP contribution in [0, 0.1) is 0 Å². The Morgan fingerprint density at radius 2 is 1.95 bits per heavy atom. The van der Waals surface area contributed by atoms with E-state index in [1.54, 1.807) is 6.08 Å². The monoisotopic (exact) mass is 267 g/mol. The van der Waals surface area contributed by atoms with Crippen molar-refractivity contribution in [3.05, 3.63) is 66.9 Å². The fraction of sp³-hybridized carbons (Fsp3) is 0.0625. The maximum Gasteiger partial charge on any atom is 0.312 e. The number of anilines is 1. The van der Waals surface area contributed by atoms with Gasteiger partial charge in [-0.25, -0.2) is 4.79 Å². The Kier molecular flexibility index (Phi) is 4.39. The summed E-state index contributed by atoms with van der Waals surface area (Å²) >= 11 is 0. The Morgan fingerprint density at radius 1 is 1.20 bits per heavy atom. The first kappa shape index (κ1) is 13.7. The lowest BCUT2D eigenvalue weighted by Crippen LogP contribution is -2.30. The smallest absolute Gasteiger partial charge is 0.312 e. The third-order valence-electron chi connectivity index (χ3n) is 2.93. The van der Waals surface area contributed by atoms with E-state index in [0.29, 0.717) is 6.54 Å². The van der Waals surface area contributed by atoms with Crippen LogP contribution in [0.4, 0.5) is 10.5 Å². The van der Waals surface area contributed by atoms with Gasteiger partial charge in [0.2, 0.25) is 0 Å². The van der Waals surface area contributed by atoms with Crippen molar-refractivity contribution in [3.63, 3.8) is 0 Å². The number of benzene rings is 2. The number of amides is 2. The molecule has 0 radical (unpaired) electrons. The number of hydrogen-bond donors (Lipinski definition) is 3. The highest BCUT2D eigenvalue weighted by Gasteiger charge is 1.99. The quantitative estimate of drug-likeness (QED) is 0.729. The Morgan fingerprint density at radius 3 is 2.70 bits per heavy atom. The number of carbonyl (C=O) groups is 1. The number of fused-ring (bicyclic) bond motifs is 1. The van der Waals surface area contributed by atoms with Gasteiger partial charge >= 0.3 is 6.03 Å². The zero-order valence-corrected chi connectivity index (χ0v) is 11.1. The lowest BCUT2D eigenvalue weighted by Gasteiger charge is -2.08. The molecule has 0 aromatic heterocycles. The lowest BCUT2D eigenvalue weighted by molar-refractivity contribution is 0.250. The average Bonchev–Trinajstić information content (AvgIpc) is 2.47. The molecule has 0 saturated carbocycles. The maximum atomic E-state index is 10.7. The fourth-order valence-electron chi connectivity index (χ4n) is 1.89. The first-order valence-corrected chi connectivity index (χ1v) is 6.30. The molecule has 4 heteroatoms. The number of rotatable bonds is 5. The van der Waals surface area contributed by atoms with Crippen LogP contribution in [-0.2, 0) is 0 Å². The van der Waals surface area contributed by atoms with Gasteiger partial charge in [-0.15, -0.1) is 0 Å². The van der Waals surface area contributed by atoms with Crippen LogP contribution in [0.3, 0.4) is 0 Å². The molecule has 4 N–H and O–H groups in total. The number of hydrogen-bond acceptors (Lipinski definition) is 2. The van der Waals surface area contributed by atoms with Gasteiger partial charge in [-0.1, -0.05) is 49.1 Å². The third kappa shape index (κ3) is 3.38. The van der Waals surface area contributed by atoms with E-state index in [9.17, 15) is 4.79 Å². The molecule has 0 spiro atoms. The summed E-state index contributed by atoms with van der Waals surface area (Å²) in [5.41, 5.74) is 6.89. The van der Waals surface area contributed by atoms with Crippen LogP contribution >= 0.6 is 0 Å². The highest BCUT2D eigenvalue weighted by Crippen LogP contribution is 2.23. The van der Waals surface area contributed by atoms with Crippen LogP contribution in [0.15, 0.2) is 66.9 Å². The summed E-state index contributed by atoms with van der Waals surface area (Å²) in [5.74, 6) is 0. The average molecular weight is 267 g/mol. The Labute approximate surface area is 118 Å². The number of urea groups is 1. The van der Waals surface area contributed by atoms with Gasteiger partial charge < -0.3 is 16.4 Å². The fourth-order valence-corrected chi connectivity index (χ4v) is 1.89. The Hall–Kier alpha value is -2.75. The summed E-state index contributed by atoms with van der Waals surface area (Å²) in [6.45, 7) is 4.06. The molecule has 0 atom stereocenters. The van der Waals surface area contributed by atoms with Gasteiger partial charge in [-0.3, -0.25) is 0 Å². The zero-order valence-electron chi connectivity index (χ0n) is 11.1. The van der Waals surface area contributed by atoms with Crippen molar-refractivity contribution in [2.24, 2.45) is 5.73 Å². The van der Waals surface area contributed by atoms with Gasteiger partial charge in [-0.2, -0.15) is 0 Å². The van der Waals surface area contributed by atoms with Crippen LogP contribution in [0.25, 0.3) is 10.8 Å². The van der Waals surface area contributed by atoms with Crippen molar-refractivity contribution >= 4 is 22.5 Å². The first-order chi connectivity index (χ1) is 9.70. The molecule has 0 saturated heterocycles. The molecule has 102 valence electrons. The van der Waals surface area contributed by atoms with Gasteiger partial charge in [0.15, 0.2) is 0 Å². The second-order valence-corrected chi connectivity index (χ2v) is 4.31. The maximum absolute atomic E-state index is 10.7. The minimum absolute atomic E-state index is 0.344. The summed E-state index contributed by atoms with van der Waals surface area (Å²) in [6, 6.07) is 13.6. The van der Waals surface area contributed by atoms with Crippen molar-refractivity contribution in [1.82, 2.24) is 5.32 Å². The molecule has 20 heavy (non-hydrogen) atoms. The predicted octanol–water partition coefficient (Wildman–Crippen LogP) is 2.99. The summed E-state index contributed by atoms with van der Waals surface area (Å²) in [6.07, 6.45) is 3.48. The molecular formula is C16H17N3O. The Bertz CT molecular complexity index is 656. The summed E-state index contributed by atoms with van der Waals surface area (Å²) in [7, 11) is 0. The zero-order chi connectivity index (χ0) is 14.4. The highest BCUT2D eigenvalue weighted by atomic mass is 16.2. The van der Waals surface area contributed by atoms with E-state index in [1.807, 2.05) is 30.5 Å². The van der Waals surface area contributed by atoms with E-state index in [1.165, 1.54) is 5.39 Å². The SMILES string of the molecule is C=C/C(=C\Nc1cccc2ccccc12)CNC(N)=O. The van der Waals surface area contributed by atoms with Crippen LogP contribution in [0.5, 0.6) is 0 Å². The van der Waals surface area contributed by atoms with Gasteiger partial charge in [0.1, 0.15) is 0 Å². The van der Waals surface area contributed by atoms with Gasteiger partial charge in [0, 0.05) is 23.8 Å². The van der Waals surface area contributed by atoms with E-state index in [4.69, 9.17) is 5.73 Å². The standard InChI is InChI=1S/C16H17N3O/c1-2-12(11-19-16(17)20)10-18-15-9-5-7-13-6-3-4-8-14(13)15/h2-10,18H,1,11H2,(H3,17,19,20)/b12-10+. The molecule has 0 bridgehead atoms. The van der Waals surface area contributed by atoms with Crippen molar-refractivity contribution in [1.29, 1.82) is 0 Å². The molecule has 4 nitrogen and oxygen atoms in total. The minimum Gasteiger partial charge on any atom is -0.361 e. The Balaban J connectivity index is 2.19. The topological polar surface area (TPSA) is 67.2 Å². The molecule has 2 aromatic carbocycles. The molecule has 2 rings (SSSR count). The van der Waals surface area contributed by atoms with Crippen LogP contribution in [0.1, 0.15) is 0 Å². The molecule has 0 aliphatic heterocycles. The van der Waals surface area contributed by atoms with Gasteiger partial charge in [-0.05, 0) is 17.0 Å². The molecule has 0 heterocycles. The van der Waals surface area contributed by atoms with Crippen molar-refractivity contribution in [2.75, 3.05) is 11.9 Å². The highest BCUT2D eigenvalue weighted by molar-refractivity contribution is 5.94. The number of carbonyl (C=O) groups excluding carboxylic acids is 1. The van der Waals surface area contributed by atoms with E-state index in [-0.39, 0.29) is 0 Å². The normalized spacial score (nSPS) is 11.1. The van der Waals surface area contributed by atoms with E-state index < -0.39 is 6.03 Å². The lowest BCUT2D eigenvalue weighted by atomic mass is 10.1. The molecule has 0 aliphatic carbocycles.